The van der Waals surface area contributed by atoms with Crippen molar-refractivity contribution in [1.29, 1.82) is 0 Å². The van der Waals surface area contributed by atoms with Crippen molar-refractivity contribution < 1.29 is 23.1 Å². The van der Waals surface area contributed by atoms with Gasteiger partial charge in [0.15, 0.2) is 0 Å². The lowest BCUT2D eigenvalue weighted by molar-refractivity contribution is -0.131. The summed E-state index contributed by atoms with van der Waals surface area (Å²) in [5, 5.41) is 5.36. The van der Waals surface area contributed by atoms with Gasteiger partial charge in [0.1, 0.15) is 17.7 Å². The topological polar surface area (TPSA) is 67.4 Å². The molecular weight excluding hydrogens is 390 g/mol. The number of ether oxygens (including phenoxy) is 1. The van der Waals surface area contributed by atoms with E-state index < -0.39 is 35.1 Å². The molecule has 1 aromatic carbocycles. The third-order valence-corrected chi connectivity index (χ3v) is 6.09. The number of amides is 2. The molecule has 5 nitrogen and oxygen atoms in total. The number of rotatable bonds is 5. The Hall–Kier alpha value is -1.73. The summed E-state index contributed by atoms with van der Waals surface area (Å²) in [5.74, 6) is -2.22. The van der Waals surface area contributed by atoms with Gasteiger partial charge >= 0.3 is 0 Å². The molecule has 2 N–H and O–H groups in total. The Labute approximate surface area is 168 Å². The van der Waals surface area contributed by atoms with Crippen LogP contribution >= 0.6 is 11.6 Å². The van der Waals surface area contributed by atoms with Gasteiger partial charge in [0.25, 0.3) is 0 Å². The minimum absolute atomic E-state index is 0.180. The molecule has 0 bridgehead atoms. The maximum Gasteiger partial charge on any atom is 0.249 e. The minimum atomic E-state index is -0.857. The quantitative estimate of drug-likeness (QED) is 0.723. The second-order valence-electron chi connectivity index (χ2n) is 8.01. The maximum absolute atomic E-state index is 14.8. The number of carbonyl (C=O) groups is 2. The van der Waals surface area contributed by atoms with E-state index in [0.29, 0.717) is 6.42 Å². The fourth-order valence-corrected chi connectivity index (χ4v) is 4.47. The van der Waals surface area contributed by atoms with Crippen molar-refractivity contribution >= 4 is 23.4 Å². The van der Waals surface area contributed by atoms with Gasteiger partial charge in [-0.2, -0.15) is 0 Å². The van der Waals surface area contributed by atoms with E-state index in [1.54, 1.807) is 0 Å². The van der Waals surface area contributed by atoms with E-state index in [9.17, 15) is 18.4 Å². The molecule has 154 valence electrons. The van der Waals surface area contributed by atoms with Gasteiger partial charge in [-0.05, 0) is 30.4 Å². The lowest BCUT2D eigenvalue weighted by Gasteiger charge is -2.36. The van der Waals surface area contributed by atoms with Crippen molar-refractivity contribution in [2.24, 2.45) is 5.41 Å². The molecule has 1 saturated heterocycles. The molecule has 2 amide bonds. The molecule has 0 radical (unpaired) electrons. The van der Waals surface area contributed by atoms with Crippen LogP contribution in [-0.2, 0) is 14.3 Å². The Balaban J connectivity index is 1.84. The van der Waals surface area contributed by atoms with Crippen LogP contribution in [0.2, 0.25) is 5.02 Å². The maximum atomic E-state index is 14.8. The predicted molar refractivity (Wildman–Crippen MR) is 101 cm³/mol. The van der Waals surface area contributed by atoms with Crippen molar-refractivity contribution in [3.8, 4) is 0 Å². The highest BCUT2D eigenvalue weighted by Crippen LogP contribution is 2.48. The van der Waals surface area contributed by atoms with Crippen LogP contribution in [0.4, 0.5) is 8.78 Å². The van der Waals surface area contributed by atoms with Gasteiger partial charge in [0, 0.05) is 18.9 Å². The molecule has 1 aliphatic carbocycles. The molecule has 28 heavy (non-hydrogen) atoms. The van der Waals surface area contributed by atoms with Gasteiger partial charge in [-0.25, -0.2) is 8.78 Å². The Bertz CT molecular complexity index is 768. The normalized spacial score (nSPS) is 24.8. The molecule has 1 aliphatic heterocycles. The second kappa shape index (κ2) is 8.33. The predicted octanol–water partition coefficient (Wildman–Crippen LogP) is 3.65. The van der Waals surface area contributed by atoms with Gasteiger partial charge in [-0.15, -0.1) is 0 Å². The lowest BCUT2D eigenvalue weighted by atomic mass is 9.76. The van der Waals surface area contributed by atoms with E-state index in [0.717, 1.165) is 31.7 Å². The first-order valence-corrected chi connectivity index (χ1v) is 9.91. The molecule has 3 atom stereocenters. The molecule has 8 heteroatoms. The third-order valence-electron chi connectivity index (χ3n) is 5.79. The molecular formula is C20H25ClF2N2O3. The zero-order valence-electron chi connectivity index (χ0n) is 16.0. The molecule has 1 aromatic rings. The van der Waals surface area contributed by atoms with Crippen molar-refractivity contribution in [2.75, 3.05) is 6.61 Å². The lowest BCUT2D eigenvalue weighted by Crippen LogP contribution is -2.44. The Morgan fingerprint density at radius 3 is 2.61 bits per heavy atom. The summed E-state index contributed by atoms with van der Waals surface area (Å²) >= 11 is 5.89. The van der Waals surface area contributed by atoms with Gasteiger partial charge in [0.05, 0.1) is 23.7 Å². The van der Waals surface area contributed by atoms with E-state index >= 15 is 0 Å². The van der Waals surface area contributed by atoms with E-state index in [1.807, 2.05) is 6.92 Å². The third kappa shape index (κ3) is 4.30. The zero-order chi connectivity index (χ0) is 20.5. The minimum Gasteiger partial charge on any atom is -0.366 e. The fourth-order valence-electron chi connectivity index (χ4n) is 4.31. The highest BCUT2D eigenvalue weighted by Gasteiger charge is 2.43. The van der Waals surface area contributed by atoms with Crippen LogP contribution in [0.5, 0.6) is 0 Å². The summed E-state index contributed by atoms with van der Waals surface area (Å²) in [5.41, 5.74) is -0.695. The van der Waals surface area contributed by atoms with Crippen molar-refractivity contribution in [3.05, 3.63) is 34.4 Å². The van der Waals surface area contributed by atoms with E-state index in [1.165, 1.54) is 13.0 Å². The van der Waals surface area contributed by atoms with Crippen LogP contribution < -0.4 is 10.6 Å². The van der Waals surface area contributed by atoms with Crippen LogP contribution in [0.25, 0.3) is 0 Å². The Morgan fingerprint density at radius 2 is 1.96 bits per heavy atom. The van der Waals surface area contributed by atoms with E-state index in [4.69, 9.17) is 16.3 Å². The van der Waals surface area contributed by atoms with Crippen LogP contribution in [0.1, 0.15) is 57.6 Å². The molecule has 3 rings (SSSR count). The standard InChI is InChI=1S/C20H25ClF2N2O3/c1-11(26)24-12-9-15(28-10-12)19(27)25-18(20(2)7-3-4-8-20)16-14(22)6-5-13(21)17(16)23/h5-6,12,15,18H,3-4,7-10H2,1-2H3,(H,24,26)(H,25,27)/t12-,15+,18-/m1/s1. The largest absolute Gasteiger partial charge is 0.366 e. The first-order chi connectivity index (χ1) is 13.2. The zero-order valence-corrected chi connectivity index (χ0v) is 16.7. The van der Waals surface area contributed by atoms with Gasteiger partial charge in [-0.1, -0.05) is 31.4 Å². The second-order valence-corrected chi connectivity index (χ2v) is 8.42. The number of benzene rings is 1. The average Bonchev–Trinajstić information content (AvgIpc) is 3.27. The molecule has 0 unspecified atom stereocenters. The number of hydrogen-bond acceptors (Lipinski definition) is 3. The summed E-state index contributed by atoms with van der Waals surface area (Å²) < 4.78 is 34.9. The van der Waals surface area contributed by atoms with E-state index in [2.05, 4.69) is 10.6 Å². The molecule has 2 aliphatic rings. The summed E-state index contributed by atoms with van der Waals surface area (Å²) in [4.78, 5) is 24.0. The molecule has 2 fully saturated rings. The summed E-state index contributed by atoms with van der Waals surface area (Å²) in [7, 11) is 0. The fraction of sp³-hybridized carbons (Fsp3) is 0.600. The summed E-state index contributed by atoms with van der Waals surface area (Å²) in [6.07, 6.45) is 2.87. The molecule has 1 saturated carbocycles. The van der Waals surface area contributed by atoms with Gasteiger partial charge < -0.3 is 15.4 Å². The Morgan fingerprint density at radius 1 is 1.29 bits per heavy atom. The Kier molecular flexibility index (Phi) is 6.25. The van der Waals surface area contributed by atoms with E-state index in [-0.39, 0.29) is 29.1 Å². The summed E-state index contributed by atoms with van der Waals surface area (Å²) in [6, 6.07) is 1.18. The van der Waals surface area contributed by atoms with Crippen molar-refractivity contribution in [2.45, 2.75) is 64.1 Å². The SMILES string of the molecule is CC(=O)N[C@H]1CO[C@H](C(=O)N[C@H](c2c(F)ccc(Cl)c2F)C2(C)CCCC2)C1. The van der Waals surface area contributed by atoms with Crippen LogP contribution in [0.15, 0.2) is 12.1 Å². The molecule has 0 spiro atoms. The average molecular weight is 415 g/mol. The first kappa shape index (κ1) is 21.0. The monoisotopic (exact) mass is 414 g/mol. The molecule has 1 heterocycles. The van der Waals surface area contributed by atoms with Crippen molar-refractivity contribution in [3.63, 3.8) is 0 Å². The van der Waals surface area contributed by atoms with Crippen molar-refractivity contribution in [1.82, 2.24) is 10.6 Å². The summed E-state index contributed by atoms with van der Waals surface area (Å²) in [6.45, 7) is 3.55. The number of halogens is 3. The number of carbonyl (C=O) groups excluding carboxylic acids is 2. The first-order valence-electron chi connectivity index (χ1n) is 9.54. The number of nitrogens with one attached hydrogen (secondary N) is 2. The highest BCUT2D eigenvalue weighted by molar-refractivity contribution is 6.30. The van der Waals surface area contributed by atoms with Crippen LogP contribution in [0.3, 0.4) is 0 Å². The van der Waals surface area contributed by atoms with Crippen LogP contribution in [0, 0.1) is 17.0 Å². The highest BCUT2D eigenvalue weighted by atomic mass is 35.5. The van der Waals surface area contributed by atoms with Gasteiger partial charge in [-0.3, -0.25) is 9.59 Å². The molecule has 0 aromatic heterocycles. The van der Waals surface area contributed by atoms with Crippen LogP contribution in [-0.4, -0.2) is 30.6 Å². The van der Waals surface area contributed by atoms with Gasteiger partial charge in [0.2, 0.25) is 11.8 Å². The number of hydrogen-bond donors (Lipinski definition) is 2. The smallest absolute Gasteiger partial charge is 0.249 e.